The monoisotopic (exact) mass is 538 g/mol. The second-order valence-corrected chi connectivity index (χ2v) is 10.4. The van der Waals surface area contributed by atoms with Crippen LogP contribution in [0, 0.1) is 22.7 Å². The van der Waals surface area contributed by atoms with Crippen molar-refractivity contribution in [3.05, 3.63) is 126 Å². The van der Waals surface area contributed by atoms with Gasteiger partial charge in [0.05, 0.1) is 34.3 Å². The number of rotatable bonds is 3. The second-order valence-electron chi connectivity index (χ2n) is 10.4. The molecule has 0 saturated heterocycles. The van der Waals surface area contributed by atoms with Gasteiger partial charge in [-0.1, -0.05) is 48.6 Å². The molecule has 0 bridgehead atoms. The van der Waals surface area contributed by atoms with Gasteiger partial charge in [-0.15, -0.1) is 0 Å². The summed E-state index contributed by atoms with van der Waals surface area (Å²) in [5, 5.41) is 22.8. The lowest BCUT2D eigenvalue weighted by Gasteiger charge is -2.16. The average molecular weight is 539 g/mol. The molecule has 0 spiro atoms. The third-order valence-electron chi connectivity index (χ3n) is 8.12. The van der Waals surface area contributed by atoms with Crippen LogP contribution in [0.3, 0.4) is 0 Å². The molecule has 196 valence electrons. The first-order valence-corrected chi connectivity index (χ1v) is 13.9. The molecule has 3 aromatic carbocycles. The number of benzene rings is 3. The van der Waals surface area contributed by atoms with Crippen molar-refractivity contribution in [3.8, 4) is 34.9 Å². The zero-order valence-electron chi connectivity index (χ0n) is 22.5. The molecule has 0 atom stereocenters. The lowest BCUT2D eigenvalue weighted by atomic mass is 10.0. The van der Waals surface area contributed by atoms with Crippen LogP contribution >= 0.6 is 0 Å². The molecule has 0 unspecified atom stereocenters. The quantitative estimate of drug-likeness (QED) is 0.229. The summed E-state index contributed by atoms with van der Waals surface area (Å²) in [6.07, 6.45) is 8.05. The zero-order chi connectivity index (χ0) is 28.2. The van der Waals surface area contributed by atoms with E-state index in [1.165, 1.54) is 11.3 Å². The minimum Gasteiger partial charge on any atom is -0.294 e. The minimum atomic E-state index is 0.599. The van der Waals surface area contributed by atoms with Crippen molar-refractivity contribution in [2.75, 3.05) is 0 Å². The fraction of sp³-hybridized carbons (Fsp3) is 0.0556. The van der Waals surface area contributed by atoms with Crippen molar-refractivity contribution in [3.63, 3.8) is 0 Å². The van der Waals surface area contributed by atoms with Gasteiger partial charge in [0, 0.05) is 33.6 Å². The normalized spacial score (nSPS) is 12.4. The number of aromatic nitrogens is 4. The smallest absolute Gasteiger partial charge is 0.146 e. The fourth-order valence-corrected chi connectivity index (χ4v) is 6.30. The van der Waals surface area contributed by atoms with E-state index < -0.39 is 0 Å². The fourth-order valence-electron chi connectivity index (χ4n) is 6.30. The van der Waals surface area contributed by atoms with Crippen LogP contribution in [0.25, 0.3) is 61.7 Å². The number of hydrogen-bond acceptors (Lipinski definition) is 4. The molecule has 0 fully saturated rings. The zero-order valence-corrected chi connectivity index (χ0v) is 22.5. The number of allylic oxidation sites excluding steroid dienone is 1. The van der Waals surface area contributed by atoms with Crippen molar-refractivity contribution in [2.45, 2.75) is 12.8 Å². The van der Waals surface area contributed by atoms with E-state index in [0.717, 1.165) is 68.4 Å². The SMILES string of the molecule is N#Cc1ccc2c(c1)c1ccccc1n2-c1cc(-c2ccccc2C#N)cc(-n2c3c(c4cccnc42)C=CCC3)n1. The lowest BCUT2D eigenvalue weighted by molar-refractivity contribution is 0.860. The van der Waals surface area contributed by atoms with Crippen LogP contribution in [-0.2, 0) is 6.42 Å². The molecule has 0 aliphatic heterocycles. The Balaban J connectivity index is 1.50. The highest BCUT2D eigenvalue weighted by Crippen LogP contribution is 2.37. The van der Waals surface area contributed by atoms with E-state index in [9.17, 15) is 10.5 Å². The standard InChI is InChI=1S/C36H22N6/c37-21-23-15-16-33-30(18-23)28-11-4-5-13-31(28)41(33)34-19-25(26-9-2-1-8-24(26)22-38)20-35(40-34)42-32-14-6-3-10-27(32)29-12-7-17-39-36(29)42/h1-5,7-13,15-20H,6,14H2. The molecule has 1 aliphatic carbocycles. The van der Waals surface area contributed by atoms with Crippen molar-refractivity contribution in [1.82, 2.24) is 19.1 Å². The van der Waals surface area contributed by atoms with Crippen molar-refractivity contribution < 1.29 is 0 Å². The first-order valence-electron chi connectivity index (χ1n) is 13.9. The molecular formula is C36H22N6. The number of nitriles is 2. The summed E-state index contributed by atoms with van der Waals surface area (Å²) in [6, 6.07) is 34.5. The number of pyridine rings is 2. The predicted octanol–water partition coefficient (Wildman–Crippen LogP) is 7.89. The van der Waals surface area contributed by atoms with Gasteiger partial charge in [0.2, 0.25) is 0 Å². The molecule has 4 aromatic heterocycles. The summed E-state index contributed by atoms with van der Waals surface area (Å²) in [5.74, 6) is 1.47. The Kier molecular flexibility index (Phi) is 5.28. The Morgan fingerprint density at radius 1 is 0.714 bits per heavy atom. The first kappa shape index (κ1) is 23.9. The largest absolute Gasteiger partial charge is 0.294 e. The van der Waals surface area contributed by atoms with E-state index in [1.807, 2.05) is 66.9 Å². The summed E-state index contributed by atoms with van der Waals surface area (Å²) in [4.78, 5) is 10.1. The third kappa shape index (κ3) is 3.49. The van der Waals surface area contributed by atoms with Crippen LogP contribution < -0.4 is 0 Å². The van der Waals surface area contributed by atoms with Gasteiger partial charge in [-0.05, 0) is 78.6 Å². The molecular weight excluding hydrogens is 516 g/mol. The highest BCUT2D eigenvalue weighted by molar-refractivity contribution is 6.09. The molecule has 42 heavy (non-hydrogen) atoms. The minimum absolute atomic E-state index is 0.599. The first-order chi connectivity index (χ1) is 20.7. The molecule has 0 amide bonds. The Bertz CT molecular complexity index is 2340. The van der Waals surface area contributed by atoms with Gasteiger partial charge in [0.25, 0.3) is 0 Å². The van der Waals surface area contributed by atoms with Crippen LogP contribution in [0.4, 0.5) is 0 Å². The van der Waals surface area contributed by atoms with Gasteiger partial charge < -0.3 is 0 Å². The summed E-state index contributed by atoms with van der Waals surface area (Å²) >= 11 is 0. The van der Waals surface area contributed by atoms with E-state index in [0.29, 0.717) is 11.1 Å². The van der Waals surface area contributed by atoms with Gasteiger partial charge in [-0.2, -0.15) is 10.5 Å². The van der Waals surface area contributed by atoms with E-state index in [4.69, 9.17) is 9.97 Å². The summed E-state index contributed by atoms with van der Waals surface area (Å²) < 4.78 is 4.33. The third-order valence-corrected chi connectivity index (χ3v) is 8.12. The molecule has 0 radical (unpaired) electrons. The second kappa shape index (κ2) is 9.30. The van der Waals surface area contributed by atoms with Crippen LogP contribution in [0.2, 0.25) is 0 Å². The summed E-state index contributed by atoms with van der Waals surface area (Å²) in [7, 11) is 0. The molecule has 0 N–H and O–H groups in total. The molecule has 7 aromatic rings. The average Bonchev–Trinajstić information content (AvgIpc) is 3.57. The highest BCUT2D eigenvalue weighted by atomic mass is 15.2. The maximum Gasteiger partial charge on any atom is 0.146 e. The maximum atomic E-state index is 10.00. The number of nitrogens with zero attached hydrogens (tertiary/aromatic N) is 6. The van der Waals surface area contributed by atoms with Gasteiger partial charge in [-0.25, -0.2) is 9.97 Å². The topological polar surface area (TPSA) is 83.2 Å². The number of hydrogen-bond donors (Lipinski definition) is 0. The van der Waals surface area contributed by atoms with Crippen LogP contribution in [-0.4, -0.2) is 19.1 Å². The Morgan fingerprint density at radius 3 is 2.38 bits per heavy atom. The van der Waals surface area contributed by atoms with Crippen LogP contribution in [0.5, 0.6) is 0 Å². The van der Waals surface area contributed by atoms with Crippen molar-refractivity contribution >= 4 is 38.9 Å². The van der Waals surface area contributed by atoms with E-state index in [2.05, 4.69) is 63.8 Å². The molecule has 4 heterocycles. The Labute approximate surface area is 241 Å². The van der Waals surface area contributed by atoms with Crippen molar-refractivity contribution in [2.24, 2.45) is 0 Å². The Hall–Kier alpha value is -5.98. The van der Waals surface area contributed by atoms with Crippen LogP contribution in [0.1, 0.15) is 28.8 Å². The van der Waals surface area contributed by atoms with Gasteiger partial charge >= 0.3 is 0 Å². The van der Waals surface area contributed by atoms with Crippen molar-refractivity contribution in [1.29, 1.82) is 10.5 Å². The molecule has 6 heteroatoms. The molecule has 1 aliphatic rings. The van der Waals surface area contributed by atoms with Gasteiger partial charge in [-0.3, -0.25) is 9.13 Å². The molecule has 0 saturated carbocycles. The van der Waals surface area contributed by atoms with E-state index >= 15 is 0 Å². The maximum absolute atomic E-state index is 10.00. The number of para-hydroxylation sites is 1. The predicted molar refractivity (Wildman–Crippen MR) is 165 cm³/mol. The number of fused-ring (bicyclic) bond motifs is 6. The van der Waals surface area contributed by atoms with Gasteiger partial charge in [0.15, 0.2) is 0 Å². The van der Waals surface area contributed by atoms with Crippen LogP contribution in [0.15, 0.2) is 103 Å². The lowest BCUT2D eigenvalue weighted by Crippen LogP contribution is -2.08. The summed E-state index contributed by atoms with van der Waals surface area (Å²) in [5.41, 5.74) is 8.11. The molecule has 6 nitrogen and oxygen atoms in total. The Morgan fingerprint density at radius 2 is 1.50 bits per heavy atom. The molecule has 8 rings (SSSR count). The highest BCUT2D eigenvalue weighted by Gasteiger charge is 2.22. The van der Waals surface area contributed by atoms with E-state index in [1.54, 1.807) is 0 Å². The van der Waals surface area contributed by atoms with Gasteiger partial charge in [0.1, 0.15) is 17.3 Å². The summed E-state index contributed by atoms with van der Waals surface area (Å²) in [6.45, 7) is 0. The van der Waals surface area contributed by atoms with E-state index in [-0.39, 0.29) is 0 Å².